The van der Waals surface area contributed by atoms with E-state index in [1.54, 1.807) is 6.33 Å². The Morgan fingerprint density at radius 3 is 2.91 bits per heavy atom. The average Bonchev–Trinajstić information content (AvgIpc) is 2.96. The fourth-order valence-corrected chi connectivity index (χ4v) is 3.89. The first-order chi connectivity index (χ1) is 10.8. The molecule has 2 saturated heterocycles. The lowest BCUT2D eigenvalue weighted by Gasteiger charge is -2.48. The molecule has 0 radical (unpaired) electrons. The van der Waals surface area contributed by atoms with Gasteiger partial charge in [0.1, 0.15) is 12.2 Å². The molecule has 2 aliphatic heterocycles. The van der Waals surface area contributed by atoms with Gasteiger partial charge in [0.05, 0.1) is 13.2 Å². The van der Waals surface area contributed by atoms with Gasteiger partial charge in [0, 0.05) is 32.3 Å². The largest absolute Gasteiger partial charge is 0.395 e. The lowest BCUT2D eigenvalue weighted by Crippen LogP contribution is -2.51. The zero-order chi connectivity index (χ0) is 15.4. The summed E-state index contributed by atoms with van der Waals surface area (Å²) in [6.45, 7) is 6.88. The number of piperidine rings is 1. The minimum Gasteiger partial charge on any atom is -0.395 e. The minimum absolute atomic E-state index is 0.231. The SMILES string of the molecule is CCCn1ncnc1CN1CC2(CCOCC2)CCC1CO. The zero-order valence-corrected chi connectivity index (χ0v) is 13.6. The number of aryl methyl sites for hydroxylation is 1. The van der Waals surface area contributed by atoms with Crippen LogP contribution in [0.2, 0.25) is 0 Å². The van der Waals surface area contributed by atoms with Gasteiger partial charge in [-0.15, -0.1) is 0 Å². The van der Waals surface area contributed by atoms with E-state index in [0.717, 1.165) is 64.4 Å². The number of aliphatic hydroxyl groups excluding tert-OH is 1. The molecule has 124 valence electrons. The summed E-state index contributed by atoms with van der Waals surface area (Å²) in [5.74, 6) is 1.02. The molecule has 1 atom stereocenters. The molecule has 0 bridgehead atoms. The molecule has 0 amide bonds. The first-order valence-corrected chi connectivity index (χ1v) is 8.56. The van der Waals surface area contributed by atoms with Crippen molar-refractivity contribution in [3.05, 3.63) is 12.2 Å². The van der Waals surface area contributed by atoms with Crippen LogP contribution in [0.4, 0.5) is 0 Å². The van der Waals surface area contributed by atoms with Crippen molar-refractivity contribution in [2.24, 2.45) is 5.41 Å². The lowest BCUT2D eigenvalue weighted by molar-refractivity contribution is -0.0560. The zero-order valence-electron chi connectivity index (χ0n) is 13.6. The monoisotopic (exact) mass is 308 g/mol. The smallest absolute Gasteiger partial charge is 0.141 e. The van der Waals surface area contributed by atoms with Gasteiger partial charge >= 0.3 is 0 Å². The maximum atomic E-state index is 9.74. The van der Waals surface area contributed by atoms with Gasteiger partial charge in [0.15, 0.2) is 0 Å². The molecule has 1 spiro atoms. The van der Waals surface area contributed by atoms with Crippen LogP contribution >= 0.6 is 0 Å². The minimum atomic E-state index is 0.231. The Balaban J connectivity index is 1.72. The number of ether oxygens (including phenoxy) is 1. The van der Waals surface area contributed by atoms with E-state index in [1.807, 2.05) is 4.68 Å². The first-order valence-electron chi connectivity index (χ1n) is 8.56. The quantitative estimate of drug-likeness (QED) is 0.892. The summed E-state index contributed by atoms with van der Waals surface area (Å²) in [5, 5.41) is 14.1. The highest BCUT2D eigenvalue weighted by Crippen LogP contribution is 2.41. The highest BCUT2D eigenvalue weighted by Gasteiger charge is 2.40. The topological polar surface area (TPSA) is 63.4 Å². The van der Waals surface area contributed by atoms with E-state index in [-0.39, 0.29) is 12.6 Å². The Morgan fingerprint density at radius 2 is 2.18 bits per heavy atom. The van der Waals surface area contributed by atoms with Crippen LogP contribution in [-0.2, 0) is 17.8 Å². The van der Waals surface area contributed by atoms with Crippen molar-refractivity contribution in [2.45, 2.75) is 58.2 Å². The molecule has 0 aromatic carbocycles. The van der Waals surface area contributed by atoms with E-state index in [9.17, 15) is 5.11 Å². The van der Waals surface area contributed by atoms with Crippen molar-refractivity contribution in [1.29, 1.82) is 0 Å². The van der Waals surface area contributed by atoms with E-state index >= 15 is 0 Å². The molecule has 1 unspecified atom stereocenters. The number of nitrogens with zero attached hydrogens (tertiary/aromatic N) is 4. The third-order valence-corrected chi connectivity index (χ3v) is 5.30. The van der Waals surface area contributed by atoms with Crippen LogP contribution in [0.5, 0.6) is 0 Å². The Bertz CT molecular complexity index is 470. The maximum absolute atomic E-state index is 9.74. The lowest BCUT2D eigenvalue weighted by atomic mass is 9.72. The van der Waals surface area contributed by atoms with Gasteiger partial charge in [-0.25, -0.2) is 9.67 Å². The van der Waals surface area contributed by atoms with Crippen molar-refractivity contribution < 1.29 is 9.84 Å². The standard InChI is InChI=1S/C16H28N4O2/c1-2-7-20-15(17-13-18-20)10-19-12-16(4-3-14(19)11-21)5-8-22-9-6-16/h13-14,21H,2-12H2,1H3. The van der Waals surface area contributed by atoms with Crippen molar-refractivity contribution in [3.63, 3.8) is 0 Å². The molecule has 0 aliphatic carbocycles. The normalized spacial score (nSPS) is 25.6. The maximum Gasteiger partial charge on any atom is 0.141 e. The molecule has 2 aliphatic rings. The summed E-state index contributed by atoms with van der Waals surface area (Å²) in [6, 6.07) is 0.250. The Labute approximate surface area is 132 Å². The molecule has 3 heterocycles. The molecular formula is C16H28N4O2. The molecule has 6 heteroatoms. The number of aliphatic hydroxyl groups is 1. The van der Waals surface area contributed by atoms with Gasteiger partial charge < -0.3 is 9.84 Å². The number of hydrogen-bond acceptors (Lipinski definition) is 5. The summed E-state index contributed by atoms with van der Waals surface area (Å²) in [7, 11) is 0. The van der Waals surface area contributed by atoms with Crippen LogP contribution in [0.3, 0.4) is 0 Å². The summed E-state index contributed by atoms with van der Waals surface area (Å²) >= 11 is 0. The highest BCUT2D eigenvalue weighted by atomic mass is 16.5. The molecular weight excluding hydrogens is 280 g/mol. The third kappa shape index (κ3) is 3.34. The molecule has 1 aromatic rings. The van der Waals surface area contributed by atoms with Gasteiger partial charge in [-0.3, -0.25) is 4.90 Å². The number of hydrogen-bond donors (Lipinski definition) is 1. The fraction of sp³-hybridized carbons (Fsp3) is 0.875. The predicted molar refractivity (Wildman–Crippen MR) is 83.3 cm³/mol. The number of likely N-dealkylation sites (tertiary alicyclic amines) is 1. The number of aromatic nitrogens is 3. The van der Waals surface area contributed by atoms with Gasteiger partial charge in [-0.05, 0) is 37.5 Å². The second-order valence-electron chi connectivity index (χ2n) is 6.79. The van der Waals surface area contributed by atoms with Crippen LogP contribution in [-0.4, -0.2) is 57.2 Å². The number of rotatable bonds is 5. The third-order valence-electron chi connectivity index (χ3n) is 5.30. The Morgan fingerprint density at radius 1 is 1.36 bits per heavy atom. The fourth-order valence-electron chi connectivity index (χ4n) is 3.89. The van der Waals surface area contributed by atoms with Crippen LogP contribution < -0.4 is 0 Å². The Hall–Kier alpha value is -0.980. The van der Waals surface area contributed by atoms with E-state index in [0.29, 0.717) is 5.41 Å². The molecule has 3 rings (SSSR count). The van der Waals surface area contributed by atoms with Crippen LogP contribution in [0.15, 0.2) is 6.33 Å². The van der Waals surface area contributed by atoms with E-state index in [1.165, 1.54) is 6.42 Å². The first kappa shape index (κ1) is 15.9. The molecule has 6 nitrogen and oxygen atoms in total. The predicted octanol–water partition coefficient (Wildman–Crippen LogP) is 1.44. The van der Waals surface area contributed by atoms with Gasteiger partial charge in [0.25, 0.3) is 0 Å². The second-order valence-corrected chi connectivity index (χ2v) is 6.79. The molecule has 22 heavy (non-hydrogen) atoms. The average molecular weight is 308 g/mol. The summed E-state index contributed by atoms with van der Waals surface area (Å²) < 4.78 is 7.55. The molecule has 0 saturated carbocycles. The molecule has 1 aromatic heterocycles. The summed E-state index contributed by atoms with van der Waals surface area (Å²) in [6.07, 6.45) is 7.26. The highest BCUT2D eigenvalue weighted by molar-refractivity contribution is 4.95. The van der Waals surface area contributed by atoms with Crippen molar-refractivity contribution >= 4 is 0 Å². The van der Waals surface area contributed by atoms with Crippen LogP contribution in [0.25, 0.3) is 0 Å². The van der Waals surface area contributed by atoms with Crippen molar-refractivity contribution in [1.82, 2.24) is 19.7 Å². The van der Waals surface area contributed by atoms with Gasteiger partial charge in [0.2, 0.25) is 0 Å². The summed E-state index contributed by atoms with van der Waals surface area (Å²) in [4.78, 5) is 6.86. The van der Waals surface area contributed by atoms with Crippen molar-refractivity contribution in [3.8, 4) is 0 Å². The summed E-state index contributed by atoms with van der Waals surface area (Å²) in [5.41, 5.74) is 0.375. The van der Waals surface area contributed by atoms with E-state index < -0.39 is 0 Å². The second kappa shape index (κ2) is 7.06. The van der Waals surface area contributed by atoms with Gasteiger partial charge in [-0.2, -0.15) is 5.10 Å². The van der Waals surface area contributed by atoms with E-state index in [4.69, 9.17) is 4.74 Å². The Kier molecular flexibility index (Phi) is 5.10. The van der Waals surface area contributed by atoms with Crippen LogP contribution in [0.1, 0.15) is 44.9 Å². The van der Waals surface area contributed by atoms with Crippen molar-refractivity contribution in [2.75, 3.05) is 26.4 Å². The van der Waals surface area contributed by atoms with E-state index in [2.05, 4.69) is 21.9 Å². The molecule has 1 N–H and O–H groups in total. The van der Waals surface area contributed by atoms with Gasteiger partial charge in [-0.1, -0.05) is 6.92 Å². The van der Waals surface area contributed by atoms with Crippen LogP contribution in [0, 0.1) is 5.41 Å². The molecule has 2 fully saturated rings.